The first-order valence-electron chi connectivity index (χ1n) is 9.60. The van der Waals surface area contributed by atoms with Crippen LogP contribution in [0.15, 0.2) is 16.7 Å². The first kappa shape index (κ1) is 19.6. The lowest BCUT2D eigenvalue weighted by Crippen LogP contribution is -2.31. The van der Waals surface area contributed by atoms with E-state index in [1.165, 1.54) is 11.3 Å². The summed E-state index contributed by atoms with van der Waals surface area (Å²) in [5.74, 6) is 0.777. The first-order valence-corrected chi connectivity index (χ1v) is 10.4. The molecule has 0 radical (unpaired) electrons. The lowest BCUT2D eigenvalue weighted by molar-refractivity contribution is -0.131. The molecule has 1 saturated heterocycles. The van der Waals surface area contributed by atoms with Crippen LogP contribution in [-0.4, -0.2) is 35.0 Å². The molecule has 3 rings (SSSR count). The quantitative estimate of drug-likeness (QED) is 0.731. The van der Waals surface area contributed by atoms with Crippen molar-refractivity contribution in [3.63, 3.8) is 0 Å². The monoisotopic (exact) mass is 389 g/mol. The minimum atomic E-state index is -0.0219. The van der Waals surface area contributed by atoms with E-state index in [0.717, 1.165) is 48.4 Å². The number of carbonyl (C=O) groups excluding carboxylic acids is 2. The van der Waals surface area contributed by atoms with E-state index in [-0.39, 0.29) is 17.9 Å². The fraction of sp³-hybridized carbons (Fsp3) is 0.550. The highest BCUT2D eigenvalue weighted by Gasteiger charge is 2.32. The van der Waals surface area contributed by atoms with Crippen molar-refractivity contribution in [3.8, 4) is 0 Å². The summed E-state index contributed by atoms with van der Waals surface area (Å²) in [5.41, 5.74) is 1.66. The number of nitrogens with one attached hydrogen (secondary N) is 1. The van der Waals surface area contributed by atoms with Gasteiger partial charge >= 0.3 is 0 Å². The molecular weight excluding hydrogens is 362 g/mol. The molecule has 27 heavy (non-hydrogen) atoms. The molecule has 1 N–H and O–H groups in total. The van der Waals surface area contributed by atoms with E-state index in [2.05, 4.69) is 17.4 Å². The minimum Gasteiger partial charge on any atom is -0.361 e. The maximum Gasteiger partial charge on any atom is 0.261 e. The van der Waals surface area contributed by atoms with Gasteiger partial charge in [0.15, 0.2) is 0 Å². The first-order chi connectivity index (χ1) is 13.0. The molecule has 2 amide bonds. The summed E-state index contributed by atoms with van der Waals surface area (Å²) in [6.45, 7) is 7.26. The average Bonchev–Trinajstić information content (AvgIpc) is 3.37. The Hall–Kier alpha value is -2.15. The zero-order chi connectivity index (χ0) is 19.4. The summed E-state index contributed by atoms with van der Waals surface area (Å²) in [7, 11) is 0. The molecule has 1 aliphatic heterocycles. The third kappa shape index (κ3) is 4.40. The molecule has 2 aromatic rings. The van der Waals surface area contributed by atoms with Crippen molar-refractivity contribution >= 4 is 23.2 Å². The zero-order valence-electron chi connectivity index (χ0n) is 16.2. The highest BCUT2D eigenvalue weighted by molar-refractivity contribution is 7.14. The number of hydrogen-bond acceptors (Lipinski definition) is 5. The molecular formula is C20H27N3O3S. The second kappa shape index (κ2) is 8.69. The van der Waals surface area contributed by atoms with Crippen LogP contribution < -0.4 is 5.32 Å². The van der Waals surface area contributed by atoms with Gasteiger partial charge in [0.1, 0.15) is 5.76 Å². The number of likely N-dealkylation sites (tertiary alicyclic amines) is 1. The van der Waals surface area contributed by atoms with Gasteiger partial charge in [0.25, 0.3) is 5.91 Å². The van der Waals surface area contributed by atoms with Gasteiger partial charge in [-0.15, -0.1) is 11.3 Å². The van der Waals surface area contributed by atoms with Crippen LogP contribution >= 0.6 is 11.3 Å². The molecule has 6 nitrogen and oxygen atoms in total. The third-order valence-electron chi connectivity index (χ3n) is 5.08. The van der Waals surface area contributed by atoms with Crippen LogP contribution in [0.1, 0.15) is 70.2 Å². The molecule has 0 bridgehead atoms. The van der Waals surface area contributed by atoms with Gasteiger partial charge < -0.3 is 14.7 Å². The Labute approximate surface area is 163 Å². The van der Waals surface area contributed by atoms with E-state index >= 15 is 0 Å². The lowest BCUT2D eigenvalue weighted by Gasteiger charge is -2.24. The van der Waals surface area contributed by atoms with Crippen molar-refractivity contribution in [3.05, 3.63) is 38.9 Å². The van der Waals surface area contributed by atoms with E-state index in [4.69, 9.17) is 4.52 Å². The van der Waals surface area contributed by atoms with Crippen LogP contribution in [0.2, 0.25) is 0 Å². The van der Waals surface area contributed by atoms with Gasteiger partial charge in [0, 0.05) is 23.5 Å². The number of unbranched alkanes of at least 4 members (excludes halogenated alkanes) is 1. The van der Waals surface area contributed by atoms with E-state index in [9.17, 15) is 9.59 Å². The molecule has 146 valence electrons. The van der Waals surface area contributed by atoms with Crippen LogP contribution in [0.4, 0.5) is 0 Å². The number of aryl methyl sites for hydroxylation is 2. The zero-order valence-corrected chi connectivity index (χ0v) is 17.0. The fourth-order valence-corrected chi connectivity index (χ4v) is 4.56. The number of aromatic nitrogens is 1. The molecule has 0 aliphatic carbocycles. The summed E-state index contributed by atoms with van der Waals surface area (Å²) in [4.78, 5) is 28.9. The Balaban J connectivity index is 1.67. The molecule has 1 atom stereocenters. The fourth-order valence-electron chi connectivity index (χ4n) is 3.49. The van der Waals surface area contributed by atoms with Crippen molar-refractivity contribution in [2.75, 3.05) is 13.1 Å². The Kier molecular flexibility index (Phi) is 6.31. The summed E-state index contributed by atoms with van der Waals surface area (Å²) in [6.07, 6.45) is 4.27. The Morgan fingerprint density at radius 3 is 2.89 bits per heavy atom. The van der Waals surface area contributed by atoms with Crippen LogP contribution in [0, 0.1) is 13.8 Å². The van der Waals surface area contributed by atoms with Gasteiger partial charge in [0.2, 0.25) is 5.91 Å². The normalized spacial score (nSPS) is 16.7. The van der Waals surface area contributed by atoms with Gasteiger partial charge in [-0.05, 0) is 45.2 Å². The highest BCUT2D eigenvalue weighted by atomic mass is 32.1. The number of carbonyl (C=O) groups is 2. The van der Waals surface area contributed by atoms with Crippen LogP contribution in [0.3, 0.4) is 0 Å². The Morgan fingerprint density at radius 1 is 1.37 bits per heavy atom. The second-order valence-corrected chi connectivity index (χ2v) is 8.15. The summed E-state index contributed by atoms with van der Waals surface area (Å²) in [5, 5.41) is 6.89. The Bertz CT molecular complexity index is 792. The van der Waals surface area contributed by atoms with Crippen molar-refractivity contribution in [2.45, 2.75) is 58.9 Å². The van der Waals surface area contributed by atoms with Gasteiger partial charge in [-0.2, -0.15) is 0 Å². The standard InChI is InChI=1S/C20H27N3O3S/c1-4-5-10-21-20(25)18-9-8-17(27-18)16-7-6-11-23(16)19(24)12-15-13(2)22-26-14(15)3/h8-9,16H,4-7,10-12H2,1-3H3,(H,21,25)/t16-/m0/s1. The number of amides is 2. The topological polar surface area (TPSA) is 75.4 Å². The molecule has 1 fully saturated rings. The summed E-state index contributed by atoms with van der Waals surface area (Å²) in [6, 6.07) is 3.92. The third-order valence-corrected chi connectivity index (χ3v) is 6.26. The number of rotatable bonds is 7. The van der Waals surface area contributed by atoms with E-state index in [0.29, 0.717) is 23.6 Å². The maximum absolute atomic E-state index is 12.9. The van der Waals surface area contributed by atoms with Crippen molar-refractivity contribution in [2.24, 2.45) is 0 Å². The number of hydrogen-bond donors (Lipinski definition) is 1. The van der Waals surface area contributed by atoms with Gasteiger partial charge in [-0.25, -0.2) is 0 Å². The Morgan fingerprint density at radius 2 is 2.19 bits per heavy atom. The molecule has 7 heteroatoms. The predicted molar refractivity (Wildman–Crippen MR) is 105 cm³/mol. The second-order valence-electron chi connectivity index (χ2n) is 7.04. The number of nitrogens with zero attached hydrogens (tertiary/aromatic N) is 2. The maximum atomic E-state index is 12.9. The number of thiophene rings is 1. The van der Waals surface area contributed by atoms with Crippen molar-refractivity contribution in [1.82, 2.24) is 15.4 Å². The van der Waals surface area contributed by atoms with Gasteiger partial charge in [-0.3, -0.25) is 9.59 Å². The SMILES string of the molecule is CCCCNC(=O)c1ccc([C@@H]2CCCN2C(=O)Cc2c(C)noc2C)s1. The van der Waals surface area contributed by atoms with Crippen LogP contribution in [0.5, 0.6) is 0 Å². The largest absolute Gasteiger partial charge is 0.361 e. The molecule has 1 aliphatic rings. The van der Waals surface area contributed by atoms with E-state index < -0.39 is 0 Å². The van der Waals surface area contributed by atoms with E-state index in [1.54, 1.807) is 0 Å². The molecule has 3 heterocycles. The van der Waals surface area contributed by atoms with Crippen molar-refractivity contribution < 1.29 is 14.1 Å². The molecule has 0 aromatic carbocycles. The van der Waals surface area contributed by atoms with Crippen LogP contribution in [-0.2, 0) is 11.2 Å². The molecule has 0 spiro atoms. The average molecular weight is 390 g/mol. The smallest absolute Gasteiger partial charge is 0.261 e. The minimum absolute atomic E-state index is 0.0219. The predicted octanol–water partition coefficient (Wildman–Crippen LogP) is 3.79. The highest BCUT2D eigenvalue weighted by Crippen LogP contribution is 2.36. The lowest BCUT2D eigenvalue weighted by atomic mass is 10.1. The molecule has 0 unspecified atom stereocenters. The molecule has 0 saturated carbocycles. The van der Waals surface area contributed by atoms with Crippen LogP contribution in [0.25, 0.3) is 0 Å². The van der Waals surface area contributed by atoms with Crippen molar-refractivity contribution in [1.29, 1.82) is 0 Å². The summed E-state index contributed by atoms with van der Waals surface area (Å²) < 4.78 is 5.18. The van der Waals surface area contributed by atoms with Gasteiger partial charge in [-0.1, -0.05) is 18.5 Å². The molecule has 2 aromatic heterocycles. The summed E-state index contributed by atoms with van der Waals surface area (Å²) >= 11 is 1.49. The van der Waals surface area contributed by atoms with E-state index in [1.807, 2.05) is 30.9 Å². The van der Waals surface area contributed by atoms with Gasteiger partial charge in [0.05, 0.1) is 23.0 Å².